The number of aryl methyl sites for hydroxylation is 1. The zero-order valence-electron chi connectivity index (χ0n) is 11.3. The van der Waals surface area contributed by atoms with Crippen LogP contribution in [-0.4, -0.2) is 35.2 Å². The van der Waals surface area contributed by atoms with Crippen LogP contribution in [-0.2, 0) is 9.59 Å². The van der Waals surface area contributed by atoms with E-state index in [1.54, 1.807) is 12.1 Å². The van der Waals surface area contributed by atoms with Crippen molar-refractivity contribution in [2.45, 2.75) is 26.3 Å². The molecule has 5 nitrogen and oxygen atoms in total. The van der Waals surface area contributed by atoms with E-state index in [1.165, 1.54) is 4.90 Å². The molecule has 106 valence electrons. The third-order valence-electron chi connectivity index (χ3n) is 3.32. The Morgan fingerprint density at radius 3 is 2.75 bits per heavy atom. The largest absolute Gasteiger partial charge is 0.317 e. The highest BCUT2D eigenvalue weighted by Crippen LogP contribution is 2.20. The summed E-state index contributed by atoms with van der Waals surface area (Å²) >= 11 is 3.34. The van der Waals surface area contributed by atoms with E-state index in [1.807, 2.05) is 19.9 Å². The Kier molecular flexibility index (Phi) is 4.23. The highest BCUT2D eigenvalue weighted by molar-refractivity contribution is 9.10. The van der Waals surface area contributed by atoms with Gasteiger partial charge in [-0.15, -0.1) is 0 Å². The molecular formula is C14H15BrN2O3. The van der Waals surface area contributed by atoms with E-state index in [2.05, 4.69) is 21.2 Å². The Hall–Kier alpha value is -1.69. The first-order chi connectivity index (χ1) is 9.43. The molecule has 1 aliphatic heterocycles. The molecule has 0 aromatic heterocycles. The molecule has 1 N–H and O–H groups in total. The van der Waals surface area contributed by atoms with Gasteiger partial charge in [0.1, 0.15) is 12.6 Å². The van der Waals surface area contributed by atoms with Gasteiger partial charge in [0, 0.05) is 10.0 Å². The third-order valence-corrected chi connectivity index (χ3v) is 3.82. The number of halogens is 1. The van der Waals surface area contributed by atoms with Crippen LogP contribution in [0.5, 0.6) is 0 Å². The molecule has 0 radical (unpaired) electrons. The third kappa shape index (κ3) is 2.75. The molecule has 0 spiro atoms. The monoisotopic (exact) mass is 338 g/mol. The Morgan fingerprint density at radius 1 is 1.45 bits per heavy atom. The molecule has 6 heteroatoms. The van der Waals surface area contributed by atoms with Gasteiger partial charge in [0.25, 0.3) is 5.91 Å². The summed E-state index contributed by atoms with van der Waals surface area (Å²) in [4.78, 5) is 37.2. The molecule has 0 bridgehead atoms. The Labute approximate surface area is 125 Å². The van der Waals surface area contributed by atoms with Gasteiger partial charge in [-0.3, -0.25) is 19.7 Å². The summed E-state index contributed by atoms with van der Waals surface area (Å²) in [5.74, 6) is -1.14. The molecule has 1 aromatic carbocycles. The number of carbonyl (C=O) groups excluding carboxylic acids is 3. The molecule has 1 aliphatic rings. The summed E-state index contributed by atoms with van der Waals surface area (Å²) in [7, 11) is 0. The first-order valence-corrected chi connectivity index (χ1v) is 7.14. The van der Waals surface area contributed by atoms with Gasteiger partial charge >= 0.3 is 0 Å². The number of piperazine rings is 1. The van der Waals surface area contributed by atoms with Crippen molar-refractivity contribution in [2.75, 3.05) is 6.54 Å². The number of rotatable bonds is 2. The fourth-order valence-corrected chi connectivity index (χ4v) is 2.78. The summed E-state index contributed by atoms with van der Waals surface area (Å²) in [6, 6.07) is 4.71. The minimum Gasteiger partial charge on any atom is -0.317 e. The van der Waals surface area contributed by atoms with Crippen molar-refractivity contribution in [3.8, 4) is 0 Å². The van der Waals surface area contributed by atoms with E-state index in [9.17, 15) is 14.4 Å². The summed E-state index contributed by atoms with van der Waals surface area (Å²) in [6.45, 7) is 3.55. The van der Waals surface area contributed by atoms with Gasteiger partial charge in [0.2, 0.25) is 11.8 Å². The second-order valence-corrected chi connectivity index (χ2v) is 5.64. The molecule has 0 saturated carbocycles. The summed E-state index contributed by atoms with van der Waals surface area (Å²) in [6.07, 6.45) is 0.473. The van der Waals surface area contributed by atoms with Gasteiger partial charge < -0.3 is 4.90 Å². The molecule has 1 aromatic rings. The van der Waals surface area contributed by atoms with E-state index in [0.717, 1.165) is 10.0 Å². The minimum atomic E-state index is -0.594. The molecule has 1 unspecified atom stereocenters. The van der Waals surface area contributed by atoms with Gasteiger partial charge in [0.05, 0.1) is 0 Å². The highest BCUT2D eigenvalue weighted by atomic mass is 79.9. The second-order valence-electron chi connectivity index (χ2n) is 4.73. The van der Waals surface area contributed by atoms with Crippen LogP contribution < -0.4 is 5.32 Å². The highest BCUT2D eigenvalue weighted by Gasteiger charge is 2.36. The van der Waals surface area contributed by atoms with Crippen LogP contribution in [0.15, 0.2) is 22.7 Å². The number of carbonyl (C=O) groups is 3. The number of hydrogen-bond donors (Lipinski definition) is 1. The van der Waals surface area contributed by atoms with Crippen LogP contribution in [0, 0.1) is 6.92 Å². The van der Waals surface area contributed by atoms with Crippen LogP contribution in [0.1, 0.15) is 29.3 Å². The van der Waals surface area contributed by atoms with Crippen LogP contribution in [0.3, 0.4) is 0 Å². The average molecular weight is 339 g/mol. The number of hydrogen-bond acceptors (Lipinski definition) is 3. The maximum absolute atomic E-state index is 12.6. The van der Waals surface area contributed by atoms with Crippen molar-refractivity contribution in [3.05, 3.63) is 33.8 Å². The van der Waals surface area contributed by atoms with Crippen molar-refractivity contribution < 1.29 is 14.4 Å². The fraction of sp³-hybridized carbons (Fsp3) is 0.357. The van der Waals surface area contributed by atoms with Crippen molar-refractivity contribution in [1.29, 1.82) is 0 Å². The number of benzene rings is 1. The molecule has 1 fully saturated rings. The lowest BCUT2D eigenvalue weighted by molar-refractivity contribution is -0.138. The number of nitrogens with zero attached hydrogens (tertiary/aromatic N) is 1. The zero-order valence-corrected chi connectivity index (χ0v) is 12.9. The van der Waals surface area contributed by atoms with Crippen molar-refractivity contribution >= 4 is 33.7 Å². The maximum atomic E-state index is 12.6. The van der Waals surface area contributed by atoms with Crippen LogP contribution in [0.25, 0.3) is 0 Å². The lowest BCUT2D eigenvalue weighted by Crippen LogP contribution is -2.59. The van der Waals surface area contributed by atoms with E-state index >= 15 is 0 Å². The maximum Gasteiger partial charge on any atom is 0.255 e. The Bertz CT molecular complexity index is 586. The van der Waals surface area contributed by atoms with Crippen LogP contribution in [0.4, 0.5) is 0 Å². The smallest absolute Gasteiger partial charge is 0.255 e. The van der Waals surface area contributed by atoms with Crippen LogP contribution in [0.2, 0.25) is 0 Å². The standard InChI is InChI=1S/C14H15BrN2O3/c1-3-11-13(19)16-12(18)7-17(11)14(20)10-5-4-9(15)6-8(10)2/h4-6,11H,3,7H2,1-2H3,(H,16,18,19). The SMILES string of the molecule is CCC1C(=O)NC(=O)CN1C(=O)c1ccc(Br)cc1C. The Morgan fingerprint density at radius 2 is 2.15 bits per heavy atom. The van der Waals surface area contributed by atoms with Gasteiger partial charge in [-0.1, -0.05) is 22.9 Å². The summed E-state index contributed by atoms with van der Waals surface area (Å²) in [5.41, 5.74) is 1.31. The molecule has 20 heavy (non-hydrogen) atoms. The number of imide groups is 1. The van der Waals surface area contributed by atoms with Gasteiger partial charge in [-0.2, -0.15) is 0 Å². The molecule has 3 amide bonds. The van der Waals surface area contributed by atoms with E-state index in [-0.39, 0.29) is 12.5 Å². The Balaban J connectivity index is 2.34. The van der Waals surface area contributed by atoms with Gasteiger partial charge in [0.15, 0.2) is 0 Å². The molecule has 2 rings (SSSR count). The van der Waals surface area contributed by atoms with E-state index < -0.39 is 17.9 Å². The van der Waals surface area contributed by atoms with Crippen molar-refractivity contribution in [2.24, 2.45) is 0 Å². The molecular weight excluding hydrogens is 324 g/mol. The van der Waals surface area contributed by atoms with E-state index in [0.29, 0.717) is 12.0 Å². The summed E-state index contributed by atoms with van der Waals surface area (Å²) < 4.78 is 0.881. The first kappa shape index (κ1) is 14.7. The molecule has 1 heterocycles. The number of amides is 3. The van der Waals surface area contributed by atoms with Crippen LogP contribution >= 0.6 is 15.9 Å². The minimum absolute atomic E-state index is 0.0847. The van der Waals surface area contributed by atoms with Gasteiger partial charge in [-0.05, 0) is 37.1 Å². The summed E-state index contributed by atoms with van der Waals surface area (Å²) in [5, 5.41) is 2.26. The molecule has 0 aliphatic carbocycles. The predicted molar refractivity (Wildman–Crippen MR) is 77.1 cm³/mol. The fourth-order valence-electron chi connectivity index (χ4n) is 2.31. The topological polar surface area (TPSA) is 66.5 Å². The lowest BCUT2D eigenvalue weighted by Gasteiger charge is -2.33. The number of nitrogens with one attached hydrogen (secondary N) is 1. The zero-order chi connectivity index (χ0) is 14.9. The van der Waals surface area contributed by atoms with E-state index in [4.69, 9.17) is 0 Å². The lowest BCUT2D eigenvalue weighted by atomic mass is 10.0. The molecule has 1 atom stereocenters. The quantitative estimate of drug-likeness (QED) is 0.833. The predicted octanol–water partition coefficient (Wildman–Crippen LogP) is 1.63. The molecule has 1 saturated heterocycles. The van der Waals surface area contributed by atoms with Crippen molar-refractivity contribution in [1.82, 2.24) is 10.2 Å². The first-order valence-electron chi connectivity index (χ1n) is 6.35. The normalized spacial score (nSPS) is 18.9. The van der Waals surface area contributed by atoms with Gasteiger partial charge in [-0.25, -0.2) is 0 Å². The second kappa shape index (κ2) is 5.75. The average Bonchev–Trinajstić information content (AvgIpc) is 2.37. The van der Waals surface area contributed by atoms with Crippen molar-refractivity contribution in [3.63, 3.8) is 0 Å².